The highest BCUT2D eigenvalue weighted by Gasteiger charge is 2.51. The molecule has 2 N–H and O–H groups in total. The van der Waals surface area contributed by atoms with E-state index in [4.69, 9.17) is 4.74 Å². The molecule has 2 atom stereocenters. The Morgan fingerprint density at radius 1 is 1.18 bits per heavy atom. The highest BCUT2D eigenvalue weighted by atomic mass is 32.2. The Morgan fingerprint density at radius 3 is 2.30 bits per heavy atom. The summed E-state index contributed by atoms with van der Waals surface area (Å²) in [5, 5.41) is 0. The van der Waals surface area contributed by atoms with Crippen LogP contribution in [0.1, 0.15) is 71.6 Å². The van der Waals surface area contributed by atoms with Crippen LogP contribution in [0.15, 0.2) is 18.2 Å². The van der Waals surface area contributed by atoms with Gasteiger partial charge in [-0.25, -0.2) is 13.2 Å². The molecule has 3 rings (SSSR count). The summed E-state index contributed by atoms with van der Waals surface area (Å²) in [6.45, 7) is 12.4. The van der Waals surface area contributed by atoms with E-state index >= 15 is 0 Å². The van der Waals surface area contributed by atoms with Crippen LogP contribution in [-0.4, -0.2) is 53.7 Å². The van der Waals surface area contributed by atoms with E-state index in [1.165, 1.54) is 0 Å². The summed E-state index contributed by atoms with van der Waals surface area (Å²) >= 11 is -1.31. The summed E-state index contributed by atoms with van der Waals surface area (Å²) in [5.74, 6) is 0. The largest absolute Gasteiger partial charge is 0.598 e. The maximum absolute atomic E-state index is 13.1. The summed E-state index contributed by atoms with van der Waals surface area (Å²) in [4.78, 5) is 14.3. The minimum Gasteiger partial charge on any atom is -0.598 e. The third-order valence-electron chi connectivity index (χ3n) is 6.11. The van der Waals surface area contributed by atoms with Crippen LogP contribution < -0.4 is 9.44 Å². The van der Waals surface area contributed by atoms with Crippen LogP contribution in [0.4, 0.5) is 10.5 Å². The molecule has 1 aromatic carbocycles. The Bertz CT molecular complexity index is 990. The van der Waals surface area contributed by atoms with Crippen LogP contribution in [0.2, 0.25) is 0 Å². The van der Waals surface area contributed by atoms with Crippen molar-refractivity contribution in [1.29, 1.82) is 0 Å². The van der Waals surface area contributed by atoms with Crippen LogP contribution in [0, 0.1) is 5.41 Å². The van der Waals surface area contributed by atoms with Gasteiger partial charge in [-0.2, -0.15) is 0 Å². The van der Waals surface area contributed by atoms with Crippen LogP contribution >= 0.6 is 0 Å². The second kappa shape index (κ2) is 8.94. The van der Waals surface area contributed by atoms with Crippen molar-refractivity contribution in [3.05, 3.63) is 29.3 Å². The topological polar surface area (TPSA) is 111 Å². The molecule has 0 saturated carbocycles. The zero-order valence-electron chi connectivity index (χ0n) is 20.6. The highest BCUT2D eigenvalue weighted by molar-refractivity contribution is 7.92. The van der Waals surface area contributed by atoms with E-state index in [2.05, 4.69) is 9.44 Å². The molecule has 1 heterocycles. The molecule has 8 nitrogen and oxygen atoms in total. The first-order valence-corrected chi connectivity index (χ1v) is 14.3. The molecular weight excluding hydrogens is 462 g/mol. The van der Waals surface area contributed by atoms with Gasteiger partial charge in [0.25, 0.3) is 0 Å². The third-order valence-corrected chi connectivity index (χ3v) is 8.28. The number of ether oxygens (including phenoxy) is 1. The van der Waals surface area contributed by atoms with Crippen LogP contribution in [-0.2, 0) is 32.5 Å². The van der Waals surface area contributed by atoms with Crippen molar-refractivity contribution in [3.63, 3.8) is 0 Å². The van der Waals surface area contributed by atoms with E-state index in [9.17, 15) is 17.8 Å². The molecule has 1 aliphatic carbocycles. The number of fused-ring (bicyclic) bond motifs is 1. The SMILES string of the molecule is CC(C)(C)OC(=O)N1CCC2(CC1)Cc1ccc(NS(C)(=O)=O)cc1[C@H]2N[S+]([O-])C(C)(C)C. The summed E-state index contributed by atoms with van der Waals surface area (Å²) in [5.41, 5.74) is 1.81. The van der Waals surface area contributed by atoms with Gasteiger partial charge in [-0.3, -0.25) is 4.72 Å². The molecule has 1 amide bonds. The molecule has 0 bridgehead atoms. The van der Waals surface area contributed by atoms with Crippen LogP contribution in [0.5, 0.6) is 0 Å². The first-order chi connectivity index (χ1) is 15.0. The molecule has 186 valence electrons. The lowest BCUT2D eigenvalue weighted by atomic mass is 9.73. The lowest BCUT2D eigenvalue weighted by Gasteiger charge is -2.43. The number of amides is 1. The molecule has 1 saturated heterocycles. The van der Waals surface area contributed by atoms with E-state index < -0.39 is 31.7 Å². The molecule has 33 heavy (non-hydrogen) atoms. The Balaban J connectivity index is 1.88. The number of piperidine rings is 1. The number of hydrogen-bond acceptors (Lipinski definition) is 6. The average Bonchev–Trinajstić information content (AvgIpc) is 2.91. The monoisotopic (exact) mass is 499 g/mol. The molecule has 1 unspecified atom stereocenters. The Labute approximate surface area is 201 Å². The van der Waals surface area contributed by atoms with Gasteiger partial charge in [0.15, 0.2) is 0 Å². The normalized spacial score (nSPS) is 21.6. The molecule has 1 aromatic rings. The minimum absolute atomic E-state index is 0.213. The van der Waals surface area contributed by atoms with Crippen molar-refractivity contribution in [1.82, 2.24) is 9.62 Å². The average molecular weight is 500 g/mol. The Hall–Kier alpha value is -1.49. The van der Waals surface area contributed by atoms with Crippen molar-refractivity contribution in [2.24, 2.45) is 5.41 Å². The maximum Gasteiger partial charge on any atom is 0.410 e. The fourth-order valence-electron chi connectivity index (χ4n) is 4.51. The molecule has 1 spiro atoms. The zero-order valence-corrected chi connectivity index (χ0v) is 22.3. The van der Waals surface area contributed by atoms with Crippen molar-refractivity contribution < 1.29 is 22.5 Å². The van der Waals surface area contributed by atoms with Gasteiger partial charge in [-0.15, -0.1) is 4.72 Å². The molecule has 1 fully saturated rings. The van der Waals surface area contributed by atoms with Gasteiger partial charge in [-0.05, 0) is 84.1 Å². The molecule has 1 aliphatic heterocycles. The summed E-state index contributed by atoms with van der Waals surface area (Å²) < 4.78 is 47.6. The van der Waals surface area contributed by atoms with Gasteiger partial charge >= 0.3 is 6.09 Å². The smallest absolute Gasteiger partial charge is 0.410 e. The van der Waals surface area contributed by atoms with Gasteiger partial charge < -0.3 is 14.2 Å². The van der Waals surface area contributed by atoms with E-state index in [-0.39, 0.29) is 17.6 Å². The quantitative estimate of drug-likeness (QED) is 0.611. The number of nitrogens with one attached hydrogen (secondary N) is 2. The fraction of sp³-hybridized carbons (Fsp3) is 0.696. The van der Waals surface area contributed by atoms with E-state index in [1.807, 2.05) is 53.7 Å². The molecule has 2 aliphatic rings. The van der Waals surface area contributed by atoms with Crippen LogP contribution in [0.25, 0.3) is 0 Å². The number of nitrogens with zero attached hydrogens (tertiary/aromatic N) is 1. The summed E-state index contributed by atoms with van der Waals surface area (Å²) in [7, 11) is -3.41. The number of sulfonamides is 1. The van der Waals surface area contributed by atoms with E-state index in [1.54, 1.807) is 11.0 Å². The number of likely N-dealkylation sites (tertiary alicyclic amines) is 1. The first-order valence-electron chi connectivity index (χ1n) is 11.3. The van der Waals surface area contributed by atoms with Crippen molar-refractivity contribution in [2.75, 3.05) is 24.1 Å². The van der Waals surface area contributed by atoms with Crippen molar-refractivity contribution in [2.45, 2.75) is 77.2 Å². The number of benzene rings is 1. The zero-order chi connectivity index (χ0) is 24.8. The van der Waals surface area contributed by atoms with Crippen molar-refractivity contribution in [3.8, 4) is 0 Å². The van der Waals surface area contributed by atoms with Gasteiger partial charge in [-0.1, -0.05) is 6.07 Å². The van der Waals surface area contributed by atoms with E-state index in [0.29, 0.717) is 18.8 Å². The minimum atomic E-state index is -3.41. The maximum atomic E-state index is 13.1. The first kappa shape index (κ1) is 26.1. The molecule has 0 radical (unpaired) electrons. The summed E-state index contributed by atoms with van der Waals surface area (Å²) in [6, 6.07) is 5.36. The second-order valence-electron chi connectivity index (χ2n) is 11.2. The lowest BCUT2D eigenvalue weighted by Crippen LogP contribution is -2.51. The van der Waals surface area contributed by atoms with Gasteiger partial charge in [0.05, 0.1) is 12.3 Å². The Kier molecular flexibility index (Phi) is 7.08. The summed E-state index contributed by atoms with van der Waals surface area (Å²) in [6.07, 6.45) is 3.06. The van der Waals surface area contributed by atoms with Crippen LogP contribution in [0.3, 0.4) is 0 Å². The van der Waals surface area contributed by atoms with Gasteiger partial charge in [0.1, 0.15) is 10.3 Å². The number of carbonyl (C=O) groups is 1. The standard InChI is InChI=1S/C23H37N3O5S2/c1-21(2,3)31-20(27)26-12-10-23(11-13-26)15-16-8-9-17(25-33(7,29)30)14-18(16)19(23)24-32(28)22(4,5)6/h8-9,14,19,24-25H,10-13,15H2,1-7H3/t19-,32?/m1/s1. The fourth-order valence-corrected chi connectivity index (χ4v) is 6.01. The van der Waals surface area contributed by atoms with E-state index in [0.717, 1.165) is 36.6 Å². The predicted molar refractivity (Wildman–Crippen MR) is 132 cm³/mol. The number of hydrogen-bond donors (Lipinski definition) is 2. The lowest BCUT2D eigenvalue weighted by molar-refractivity contribution is 0.00716. The molecular formula is C23H37N3O5S2. The number of anilines is 1. The predicted octanol–water partition coefficient (Wildman–Crippen LogP) is 3.72. The highest BCUT2D eigenvalue weighted by Crippen LogP contribution is 2.53. The number of rotatable bonds is 4. The number of carbonyl (C=O) groups excluding carboxylic acids is 1. The third kappa shape index (κ3) is 6.35. The Morgan fingerprint density at radius 2 is 1.79 bits per heavy atom. The molecule has 10 heteroatoms. The van der Waals surface area contributed by atoms with Crippen molar-refractivity contribution >= 4 is 33.2 Å². The van der Waals surface area contributed by atoms with Gasteiger partial charge in [0.2, 0.25) is 10.0 Å². The second-order valence-corrected chi connectivity index (χ2v) is 15.0. The van der Waals surface area contributed by atoms with Gasteiger partial charge in [0, 0.05) is 35.6 Å². The molecule has 0 aromatic heterocycles.